The zero-order chi connectivity index (χ0) is 38.4. The molecule has 4 N–H and O–H groups in total. The van der Waals surface area contributed by atoms with E-state index in [0.29, 0.717) is 12.8 Å². The topological polar surface area (TPSA) is 124 Å². The second kappa shape index (κ2) is 38.6. The zero-order valence-corrected chi connectivity index (χ0v) is 35.4. The smallest absolute Gasteiger partial charge is 0.266 e. The van der Waals surface area contributed by atoms with Gasteiger partial charge in [0, 0.05) is 0 Å². The van der Waals surface area contributed by atoms with Crippen LogP contribution in [0, 0.1) is 0 Å². The minimum atomic E-state index is -4.40. The van der Waals surface area contributed by atoms with Crippen molar-refractivity contribution < 1.29 is 28.0 Å². The SMILES string of the molecule is CCCCCCCCCCCCCCCCCCCCC(O)C(=O)NC(CS(=O)(=O)O)C(O)CCCCCCCCCCCCCCCCCCC. The summed E-state index contributed by atoms with van der Waals surface area (Å²) in [6.45, 7) is 4.53. The Bertz CT molecular complexity index is 854. The first-order chi connectivity index (χ1) is 25.2. The molecule has 0 aliphatic carbocycles. The van der Waals surface area contributed by atoms with Crippen molar-refractivity contribution in [3.05, 3.63) is 0 Å². The summed E-state index contributed by atoms with van der Waals surface area (Å²) in [6.07, 6.45) is 42.6. The summed E-state index contributed by atoms with van der Waals surface area (Å²) in [5, 5.41) is 23.6. The van der Waals surface area contributed by atoms with Gasteiger partial charge in [-0.1, -0.05) is 239 Å². The molecule has 0 aliphatic heterocycles. The van der Waals surface area contributed by atoms with E-state index in [9.17, 15) is 28.0 Å². The van der Waals surface area contributed by atoms with Gasteiger partial charge in [0.1, 0.15) is 6.10 Å². The van der Waals surface area contributed by atoms with Crippen molar-refractivity contribution in [3.8, 4) is 0 Å². The average Bonchev–Trinajstić information content (AvgIpc) is 3.11. The lowest BCUT2D eigenvalue weighted by molar-refractivity contribution is -0.131. The fourth-order valence-electron chi connectivity index (χ4n) is 7.40. The number of carbonyl (C=O) groups excluding carboxylic acids is 1. The van der Waals surface area contributed by atoms with Gasteiger partial charge < -0.3 is 15.5 Å². The van der Waals surface area contributed by atoms with Crippen LogP contribution >= 0.6 is 0 Å². The van der Waals surface area contributed by atoms with Crippen LogP contribution in [0.5, 0.6) is 0 Å². The van der Waals surface area contributed by atoms with Gasteiger partial charge in [-0.2, -0.15) is 8.42 Å². The third-order valence-electron chi connectivity index (χ3n) is 10.9. The van der Waals surface area contributed by atoms with E-state index in [2.05, 4.69) is 19.2 Å². The maximum absolute atomic E-state index is 12.6. The second-order valence-corrected chi connectivity index (χ2v) is 17.7. The van der Waals surface area contributed by atoms with Gasteiger partial charge in [0.2, 0.25) is 5.91 Å². The average molecular weight is 760 g/mol. The zero-order valence-electron chi connectivity index (χ0n) is 34.6. The molecule has 3 unspecified atom stereocenters. The van der Waals surface area contributed by atoms with Crippen molar-refractivity contribution in [2.75, 3.05) is 5.75 Å². The summed E-state index contributed by atoms with van der Waals surface area (Å²) in [4.78, 5) is 12.6. The largest absolute Gasteiger partial charge is 0.391 e. The third-order valence-corrected chi connectivity index (χ3v) is 11.7. The Morgan fingerprint density at radius 3 is 0.962 bits per heavy atom. The molecular formula is C44H89NO6S. The number of amides is 1. The van der Waals surface area contributed by atoms with Crippen LogP contribution in [-0.2, 0) is 14.9 Å². The molecule has 0 saturated carbocycles. The maximum atomic E-state index is 12.6. The number of hydrogen-bond acceptors (Lipinski definition) is 5. The predicted molar refractivity (Wildman–Crippen MR) is 223 cm³/mol. The van der Waals surface area contributed by atoms with Crippen LogP contribution in [-0.4, -0.2) is 53.1 Å². The lowest BCUT2D eigenvalue weighted by Crippen LogP contribution is -2.50. The molecule has 3 atom stereocenters. The van der Waals surface area contributed by atoms with E-state index < -0.39 is 40.0 Å². The highest BCUT2D eigenvalue weighted by molar-refractivity contribution is 7.85. The van der Waals surface area contributed by atoms with Crippen LogP contribution < -0.4 is 5.32 Å². The molecule has 8 heteroatoms. The lowest BCUT2D eigenvalue weighted by atomic mass is 10.0. The predicted octanol–water partition coefficient (Wildman–Crippen LogP) is 12.6. The molecule has 312 valence electrons. The molecule has 0 saturated heterocycles. The molecule has 0 fully saturated rings. The number of unbranched alkanes of at least 4 members (excludes halogenated alkanes) is 33. The summed E-state index contributed by atoms with van der Waals surface area (Å²) in [7, 11) is -4.40. The van der Waals surface area contributed by atoms with E-state index in [4.69, 9.17) is 0 Å². The van der Waals surface area contributed by atoms with Gasteiger partial charge in [-0.25, -0.2) is 0 Å². The fourth-order valence-corrected chi connectivity index (χ4v) is 8.16. The van der Waals surface area contributed by atoms with Gasteiger partial charge in [-0.15, -0.1) is 0 Å². The van der Waals surface area contributed by atoms with E-state index in [1.807, 2.05) is 0 Å². The molecule has 52 heavy (non-hydrogen) atoms. The van der Waals surface area contributed by atoms with Crippen molar-refractivity contribution >= 4 is 16.0 Å². The standard InChI is InChI=1S/C44H89NO6S/c1-3-5-7-9-11-13-15-17-19-21-23-25-27-29-31-33-35-37-39-43(47)44(48)45-41(40-52(49,50)51)42(46)38-36-34-32-30-28-26-24-22-20-18-16-14-12-10-8-6-4-2/h41-43,46-47H,3-40H2,1-2H3,(H,45,48)(H,49,50,51). The van der Waals surface area contributed by atoms with Gasteiger partial charge in [-0.3, -0.25) is 9.35 Å². The number of aliphatic hydroxyl groups excluding tert-OH is 2. The van der Waals surface area contributed by atoms with E-state index in [-0.39, 0.29) is 0 Å². The van der Waals surface area contributed by atoms with E-state index in [0.717, 1.165) is 44.9 Å². The summed E-state index contributed by atoms with van der Waals surface area (Å²) < 4.78 is 32.7. The third kappa shape index (κ3) is 37.6. The van der Waals surface area contributed by atoms with Crippen molar-refractivity contribution in [2.45, 2.75) is 270 Å². The van der Waals surface area contributed by atoms with Gasteiger partial charge >= 0.3 is 0 Å². The quantitative estimate of drug-likeness (QED) is 0.0363. The van der Waals surface area contributed by atoms with Crippen molar-refractivity contribution in [1.29, 1.82) is 0 Å². The fraction of sp³-hybridized carbons (Fsp3) is 0.977. The Kier molecular flexibility index (Phi) is 38.1. The summed E-state index contributed by atoms with van der Waals surface area (Å²) >= 11 is 0. The Balaban J connectivity index is 3.88. The van der Waals surface area contributed by atoms with Gasteiger partial charge in [0.25, 0.3) is 10.1 Å². The first kappa shape index (κ1) is 51.3. The van der Waals surface area contributed by atoms with E-state index >= 15 is 0 Å². The lowest BCUT2D eigenvalue weighted by Gasteiger charge is -2.24. The van der Waals surface area contributed by atoms with Crippen LogP contribution in [0.15, 0.2) is 0 Å². The van der Waals surface area contributed by atoms with Gasteiger partial charge in [-0.05, 0) is 12.8 Å². The molecule has 7 nitrogen and oxygen atoms in total. The molecule has 0 heterocycles. The van der Waals surface area contributed by atoms with Crippen LogP contribution in [0.25, 0.3) is 0 Å². The Hall–Kier alpha value is -0.700. The van der Waals surface area contributed by atoms with Crippen molar-refractivity contribution in [3.63, 3.8) is 0 Å². The highest BCUT2D eigenvalue weighted by atomic mass is 32.2. The summed E-state index contributed by atoms with van der Waals surface area (Å²) in [5.74, 6) is -1.44. The normalized spacial score (nSPS) is 13.7. The van der Waals surface area contributed by atoms with Crippen LogP contribution in [0.3, 0.4) is 0 Å². The Morgan fingerprint density at radius 1 is 0.442 bits per heavy atom. The molecule has 0 aromatic heterocycles. The number of nitrogens with one attached hydrogen (secondary N) is 1. The van der Waals surface area contributed by atoms with Gasteiger partial charge in [0.05, 0.1) is 17.9 Å². The number of carbonyl (C=O) groups is 1. The first-order valence-electron chi connectivity index (χ1n) is 22.8. The van der Waals surface area contributed by atoms with Crippen LogP contribution in [0.4, 0.5) is 0 Å². The molecular weight excluding hydrogens is 671 g/mol. The molecule has 1 amide bonds. The molecule has 0 radical (unpaired) electrons. The van der Waals surface area contributed by atoms with Crippen molar-refractivity contribution in [2.24, 2.45) is 0 Å². The van der Waals surface area contributed by atoms with E-state index in [1.54, 1.807) is 0 Å². The molecule has 0 spiro atoms. The number of hydrogen-bond donors (Lipinski definition) is 4. The Labute approximate surface area is 323 Å². The molecule has 0 aromatic rings. The Morgan fingerprint density at radius 2 is 0.692 bits per heavy atom. The van der Waals surface area contributed by atoms with Gasteiger partial charge in [0.15, 0.2) is 0 Å². The molecule has 0 bridgehead atoms. The second-order valence-electron chi connectivity index (χ2n) is 16.2. The molecule has 0 rings (SSSR count). The van der Waals surface area contributed by atoms with E-state index in [1.165, 1.54) is 180 Å². The molecule has 0 aliphatic rings. The maximum Gasteiger partial charge on any atom is 0.266 e. The first-order valence-corrected chi connectivity index (χ1v) is 24.4. The van der Waals surface area contributed by atoms with Crippen molar-refractivity contribution in [1.82, 2.24) is 5.32 Å². The summed E-state index contributed by atoms with van der Waals surface area (Å²) in [6, 6.07) is -1.14. The minimum absolute atomic E-state index is 0.304. The highest BCUT2D eigenvalue weighted by Crippen LogP contribution is 2.17. The monoisotopic (exact) mass is 760 g/mol. The summed E-state index contributed by atoms with van der Waals surface area (Å²) in [5.41, 5.74) is 0. The highest BCUT2D eigenvalue weighted by Gasteiger charge is 2.28. The number of aliphatic hydroxyl groups is 2. The minimum Gasteiger partial charge on any atom is -0.391 e. The van der Waals surface area contributed by atoms with Crippen LogP contribution in [0.2, 0.25) is 0 Å². The van der Waals surface area contributed by atoms with Crippen LogP contribution in [0.1, 0.15) is 251 Å². The number of rotatable bonds is 42. The molecule has 0 aromatic carbocycles.